The standard InChI is InChI=1S/C15H11ClN2OS2/c1-9(19)6-20-14-13-12(7-21-15(13)18-8-17-14)10-2-4-11(16)5-3-10/h2-5,7-8H,6H2,1H3. The lowest BCUT2D eigenvalue weighted by Gasteiger charge is -2.04. The summed E-state index contributed by atoms with van der Waals surface area (Å²) >= 11 is 8.98. The SMILES string of the molecule is CC(=O)CSc1ncnc2scc(-c3ccc(Cl)cc3)c12. The number of aromatic nitrogens is 2. The molecule has 2 heterocycles. The minimum absolute atomic E-state index is 0.134. The first-order valence-electron chi connectivity index (χ1n) is 6.25. The Morgan fingerprint density at radius 1 is 1.29 bits per heavy atom. The second-order valence-corrected chi connectivity index (χ2v) is 6.76. The van der Waals surface area contributed by atoms with Gasteiger partial charge in [0.2, 0.25) is 0 Å². The zero-order valence-electron chi connectivity index (χ0n) is 11.2. The number of thioether (sulfide) groups is 1. The summed E-state index contributed by atoms with van der Waals surface area (Å²) in [6, 6.07) is 7.70. The highest BCUT2D eigenvalue weighted by Crippen LogP contribution is 2.38. The van der Waals surface area contributed by atoms with Crippen LogP contribution in [0.4, 0.5) is 0 Å². The first-order valence-corrected chi connectivity index (χ1v) is 8.50. The minimum atomic E-state index is 0.134. The predicted molar refractivity (Wildman–Crippen MR) is 89.3 cm³/mol. The molecule has 0 atom stereocenters. The third-order valence-electron chi connectivity index (χ3n) is 2.90. The van der Waals surface area contributed by atoms with Gasteiger partial charge in [-0.05, 0) is 24.6 Å². The maximum Gasteiger partial charge on any atom is 0.140 e. The van der Waals surface area contributed by atoms with Crippen molar-refractivity contribution in [2.24, 2.45) is 0 Å². The number of Topliss-reactive ketones (excluding diaryl/α,β-unsaturated/α-hetero) is 1. The molecule has 0 amide bonds. The number of halogens is 1. The molecule has 0 unspecified atom stereocenters. The number of carbonyl (C=O) groups excluding carboxylic acids is 1. The molecule has 2 aromatic heterocycles. The van der Waals surface area contributed by atoms with Gasteiger partial charge < -0.3 is 0 Å². The number of hydrogen-bond acceptors (Lipinski definition) is 5. The number of hydrogen-bond donors (Lipinski definition) is 0. The summed E-state index contributed by atoms with van der Waals surface area (Å²) in [5.41, 5.74) is 2.16. The van der Waals surface area contributed by atoms with Gasteiger partial charge in [-0.25, -0.2) is 9.97 Å². The minimum Gasteiger partial charge on any atom is -0.299 e. The summed E-state index contributed by atoms with van der Waals surface area (Å²) < 4.78 is 0. The Labute approximate surface area is 135 Å². The second-order valence-electron chi connectivity index (χ2n) is 4.51. The summed E-state index contributed by atoms with van der Waals surface area (Å²) in [6.07, 6.45) is 1.55. The van der Waals surface area contributed by atoms with Crippen molar-refractivity contribution in [3.05, 3.63) is 41.0 Å². The topological polar surface area (TPSA) is 42.9 Å². The van der Waals surface area contributed by atoms with Crippen LogP contribution < -0.4 is 0 Å². The Kier molecular flexibility index (Phi) is 4.24. The van der Waals surface area contributed by atoms with E-state index in [0.717, 1.165) is 26.4 Å². The van der Waals surface area contributed by atoms with Crippen molar-refractivity contribution < 1.29 is 4.79 Å². The highest BCUT2D eigenvalue weighted by molar-refractivity contribution is 8.00. The highest BCUT2D eigenvalue weighted by atomic mass is 35.5. The van der Waals surface area contributed by atoms with Gasteiger partial charge in [-0.2, -0.15) is 0 Å². The number of nitrogens with zero attached hydrogens (tertiary/aromatic N) is 2. The van der Waals surface area contributed by atoms with E-state index in [-0.39, 0.29) is 5.78 Å². The van der Waals surface area contributed by atoms with E-state index in [1.807, 2.05) is 24.3 Å². The first kappa shape index (κ1) is 14.5. The van der Waals surface area contributed by atoms with Crippen LogP contribution in [0, 0.1) is 0 Å². The first-order chi connectivity index (χ1) is 10.1. The van der Waals surface area contributed by atoms with E-state index in [1.165, 1.54) is 11.8 Å². The molecule has 0 radical (unpaired) electrons. The molecule has 0 spiro atoms. The van der Waals surface area contributed by atoms with Gasteiger partial charge in [-0.1, -0.05) is 35.5 Å². The van der Waals surface area contributed by atoms with E-state index in [1.54, 1.807) is 24.6 Å². The lowest BCUT2D eigenvalue weighted by molar-refractivity contribution is -0.114. The van der Waals surface area contributed by atoms with Crippen LogP contribution in [-0.2, 0) is 4.79 Å². The Hall–Kier alpha value is -1.43. The van der Waals surface area contributed by atoms with Crippen LogP contribution in [0.2, 0.25) is 5.02 Å². The van der Waals surface area contributed by atoms with Crippen molar-refractivity contribution in [3.63, 3.8) is 0 Å². The van der Waals surface area contributed by atoms with Crippen molar-refractivity contribution in [1.29, 1.82) is 0 Å². The monoisotopic (exact) mass is 334 g/mol. The zero-order chi connectivity index (χ0) is 14.8. The van der Waals surface area contributed by atoms with Gasteiger partial charge in [0.05, 0.1) is 11.1 Å². The Bertz CT molecular complexity index is 799. The molecule has 0 bridgehead atoms. The van der Waals surface area contributed by atoms with Gasteiger partial charge >= 0.3 is 0 Å². The maximum absolute atomic E-state index is 11.2. The second kappa shape index (κ2) is 6.13. The third kappa shape index (κ3) is 3.10. The molecular formula is C15H11ClN2OS2. The number of ketones is 1. The van der Waals surface area contributed by atoms with Crippen LogP contribution in [0.15, 0.2) is 41.0 Å². The molecule has 0 saturated heterocycles. The van der Waals surface area contributed by atoms with E-state index >= 15 is 0 Å². The van der Waals surface area contributed by atoms with Crippen molar-refractivity contribution >= 4 is 50.7 Å². The van der Waals surface area contributed by atoms with Crippen molar-refractivity contribution in [2.75, 3.05) is 5.75 Å². The number of fused-ring (bicyclic) bond motifs is 1. The molecule has 3 aromatic rings. The van der Waals surface area contributed by atoms with Crippen LogP contribution in [0.5, 0.6) is 0 Å². The van der Waals surface area contributed by atoms with Gasteiger partial charge in [0, 0.05) is 16.0 Å². The zero-order valence-corrected chi connectivity index (χ0v) is 13.6. The van der Waals surface area contributed by atoms with Crippen LogP contribution in [0.25, 0.3) is 21.3 Å². The van der Waals surface area contributed by atoms with Gasteiger partial charge in [-0.15, -0.1) is 11.3 Å². The Balaban J connectivity index is 2.10. The molecule has 0 saturated carbocycles. The predicted octanol–water partition coefficient (Wildman–Crippen LogP) is 4.69. The van der Waals surface area contributed by atoms with E-state index in [2.05, 4.69) is 15.3 Å². The van der Waals surface area contributed by atoms with E-state index < -0.39 is 0 Å². The summed E-state index contributed by atoms with van der Waals surface area (Å²) in [5, 5.41) is 4.64. The van der Waals surface area contributed by atoms with Crippen LogP contribution >= 0.6 is 34.7 Å². The molecule has 0 fully saturated rings. The number of rotatable bonds is 4. The summed E-state index contributed by atoms with van der Waals surface area (Å²) in [7, 11) is 0. The largest absolute Gasteiger partial charge is 0.299 e. The molecule has 3 nitrogen and oxygen atoms in total. The molecule has 1 aromatic carbocycles. The normalized spacial score (nSPS) is 11.0. The number of carbonyl (C=O) groups is 1. The fourth-order valence-corrected chi connectivity index (χ4v) is 3.89. The average molecular weight is 335 g/mol. The summed E-state index contributed by atoms with van der Waals surface area (Å²) in [5.74, 6) is 0.553. The van der Waals surface area contributed by atoms with Gasteiger partial charge in [0.15, 0.2) is 0 Å². The molecule has 0 aliphatic carbocycles. The molecule has 21 heavy (non-hydrogen) atoms. The summed E-state index contributed by atoms with van der Waals surface area (Å²) in [6.45, 7) is 1.58. The molecule has 3 rings (SSSR count). The molecule has 0 aliphatic heterocycles. The average Bonchev–Trinajstić information content (AvgIpc) is 2.90. The fourth-order valence-electron chi connectivity index (χ4n) is 1.97. The van der Waals surface area contributed by atoms with Crippen LogP contribution in [0.1, 0.15) is 6.92 Å². The molecule has 0 aliphatic rings. The molecular weight excluding hydrogens is 324 g/mol. The maximum atomic E-state index is 11.2. The third-order valence-corrected chi connectivity index (χ3v) is 5.17. The van der Waals surface area contributed by atoms with Crippen molar-refractivity contribution in [1.82, 2.24) is 9.97 Å². The van der Waals surface area contributed by atoms with Gasteiger partial charge in [0.25, 0.3) is 0 Å². The van der Waals surface area contributed by atoms with Crippen molar-refractivity contribution in [3.8, 4) is 11.1 Å². The van der Waals surface area contributed by atoms with Crippen molar-refractivity contribution in [2.45, 2.75) is 11.9 Å². The summed E-state index contributed by atoms with van der Waals surface area (Å²) in [4.78, 5) is 20.8. The lowest BCUT2D eigenvalue weighted by Crippen LogP contribution is -1.94. The lowest BCUT2D eigenvalue weighted by atomic mass is 10.1. The quantitative estimate of drug-likeness (QED) is 0.512. The van der Waals surface area contributed by atoms with Gasteiger partial charge in [-0.3, -0.25) is 4.79 Å². The Morgan fingerprint density at radius 2 is 2.05 bits per heavy atom. The van der Waals surface area contributed by atoms with Crippen LogP contribution in [-0.4, -0.2) is 21.5 Å². The number of benzene rings is 1. The van der Waals surface area contributed by atoms with E-state index in [9.17, 15) is 4.79 Å². The highest BCUT2D eigenvalue weighted by Gasteiger charge is 2.13. The number of thiophene rings is 1. The van der Waals surface area contributed by atoms with Crippen LogP contribution in [0.3, 0.4) is 0 Å². The van der Waals surface area contributed by atoms with E-state index in [4.69, 9.17) is 11.6 Å². The smallest absolute Gasteiger partial charge is 0.140 e. The molecule has 6 heteroatoms. The fraction of sp³-hybridized carbons (Fsp3) is 0.133. The molecule has 0 N–H and O–H groups in total. The van der Waals surface area contributed by atoms with E-state index in [0.29, 0.717) is 10.8 Å². The Morgan fingerprint density at radius 3 is 2.76 bits per heavy atom. The van der Waals surface area contributed by atoms with Gasteiger partial charge in [0.1, 0.15) is 22.0 Å². The molecule has 106 valence electrons.